The molecule has 1 spiro atoms. The molecule has 3 aliphatic rings. The molecule has 3 rings (SSSR count). The lowest BCUT2D eigenvalue weighted by atomic mass is 9.49. The monoisotopic (exact) mass is 176 g/mol. The van der Waals surface area contributed by atoms with E-state index in [1.165, 1.54) is 19.3 Å². The Morgan fingerprint density at radius 1 is 1.46 bits per heavy atom. The highest BCUT2D eigenvalue weighted by Gasteiger charge is 2.60. The van der Waals surface area contributed by atoms with Crippen molar-refractivity contribution >= 4 is 5.78 Å². The topological polar surface area (TPSA) is 17.1 Å². The average molecular weight is 176 g/mol. The van der Waals surface area contributed by atoms with Crippen LogP contribution in [0.2, 0.25) is 0 Å². The van der Waals surface area contributed by atoms with Gasteiger partial charge in [-0.25, -0.2) is 0 Å². The molecule has 0 radical (unpaired) electrons. The lowest BCUT2D eigenvalue weighted by Crippen LogP contribution is -2.54. The Morgan fingerprint density at radius 3 is 3.08 bits per heavy atom. The predicted molar refractivity (Wildman–Crippen MR) is 51.2 cm³/mol. The summed E-state index contributed by atoms with van der Waals surface area (Å²) in [6, 6.07) is 0. The second-order valence-electron chi connectivity index (χ2n) is 5.10. The molecule has 2 saturated carbocycles. The average Bonchev–Trinajstić information content (AvgIpc) is 2.46. The van der Waals surface area contributed by atoms with Crippen LogP contribution < -0.4 is 0 Å². The normalized spacial score (nSPS) is 52.7. The Balaban J connectivity index is 2.03. The maximum Gasteiger partial charge on any atom is 0.137 e. The summed E-state index contributed by atoms with van der Waals surface area (Å²) in [5, 5.41) is 0. The van der Waals surface area contributed by atoms with Crippen LogP contribution >= 0.6 is 0 Å². The van der Waals surface area contributed by atoms with Gasteiger partial charge in [-0.15, -0.1) is 0 Å². The molecule has 0 heterocycles. The van der Waals surface area contributed by atoms with Crippen molar-refractivity contribution < 1.29 is 4.79 Å². The Morgan fingerprint density at radius 2 is 2.31 bits per heavy atom. The van der Waals surface area contributed by atoms with Gasteiger partial charge < -0.3 is 0 Å². The largest absolute Gasteiger partial charge is 0.299 e. The molecule has 3 aliphatic carbocycles. The van der Waals surface area contributed by atoms with Crippen LogP contribution in [-0.4, -0.2) is 5.78 Å². The van der Waals surface area contributed by atoms with Crippen molar-refractivity contribution in [2.24, 2.45) is 23.2 Å². The van der Waals surface area contributed by atoms with E-state index >= 15 is 0 Å². The molecular weight excluding hydrogens is 160 g/mol. The molecule has 0 saturated heterocycles. The van der Waals surface area contributed by atoms with Crippen LogP contribution in [0.4, 0.5) is 0 Å². The third kappa shape index (κ3) is 0.762. The van der Waals surface area contributed by atoms with E-state index in [2.05, 4.69) is 19.1 Å². The van der Waals surface area contributed by atoms with E-state index in [1.807, 2.05) is 0 Å². The smallest absolute Gasteiger partial charge is 0.137 e. The van der Waals surface area contributed by atoms with Crippen molar-refractivity contribution in [3.63, 3.8) is 0 Å². The quantitative estimate of drug-likeness (QED) is 0.518. The van der Waals surface area contributed by atoms with Crippen molar-refractivity contribution in [2.45, 2.75) is 32.6 Å². The van der Waals surface area contributed by atoms with Crippen LogP contribution in [0.3, 0.4) is 0 Å². The molecule has 0 aliphatic heterocycles. The highest BCUT2D eigenvalue weighted by atomic mass is 16.1. The van der Waals surface area contributed by atoms with Crippen molar-refractivity contribution in [1.82, 2.24) is 0 Å². The van der Waals surface area contributed by atoms with Crippen LogP contribution in [-0.2, 0) is 4.79 Å². The minimum atomic E-state index is 0.394. The fourth-order valence-corrected chi connectivity index (χ4v) is 3.99. The molecule has 0 unspecified atom stereocenters. The van der Waals surface area contributed by atoms with Crippen molar-refractivity contribution in [3.05, 3.63) is 12.2 Å². The van der Waals surface area contributed by atoms with Gasteiger partial charge >= 0.3 is 0 Å². The number of allylic oxidation sites excluding steroid dienone is 2. The summed E-state index contributed by atoms with van der Waals surface area (Å²) in [6.07, 6.45) is 9.52. The molecule has 0 N–H and O–H groups in total. The third-order valence-corrected chi connectivity index (χ3v) is 4.54. The van der Waals surface area contributed by atoms with Gasteiger partial charge in [-0.05, 0) is 30.1 Å². The molecule has 0 bridgehead atoms. The first-order valence-corrected chi connectivity index (χ1v) is 5.45. The zero-order chi connectivity index (χ0) is 9.05. The van der Waals surface area contributed by atoms with Gasteiger partial charge in [0.05, 0.1) is 0 Å². The standard InChI is InChI=1S/C12H16O/c1-8-4-5-9-3-2-6-12(9)7-10(13)11(8)12/h4-5,8-9,11H,2-3,6-7H2,1H3/t8-,9+,11+,12+/m0/s1. The van der Waals surface area contributed by atoms with Gasteiger partial charge in [-0.3, -0.25) is 4.79 Å². The van der Waals surface area contributed by atoms with Crippen molar-refractivity contribution in [1.29, 1.82) is 0 Å². The summed E-state index contributed by atoms with van der Waals surface area (Å²) in [6.45, 7) is 2.20. The Labute approximate surface area is 79.2 Å². The highest BCUT2D eigenvalue weighted by Crippen LogP contribution is 2.63. The van der Waals surface area contributed by atoms with Gasteiger partial charge in [0.1, 0.15) is 5.78 Å². The van der Waals surface area contributed by atoms with Gasteiger partial charge in [0, 0.05) is 12.3 Å². The van der Waals surface area contributed by atoms with Crippen molar-refractivity contribution in [3.8, 4) is 0 Å². The zero-order valence-corrected chi connectivity index (χ0v) is 8.12. The van der Waals surface area contributed by atoms with Gasteiger partial charge in [-0.2, -0.15) is 0 Å². The van der Waals surface area contributed by atoms with E-state index in [-0.39, 0.29) is 0 Å². The number of ketones is 1. The van der Waals surface area contributed by atoms with Crippen LogP contribution in [0.1, 0.15) is 32.6 Å². The number of Topliss-reactive ketones (excluding diaryl/α,β-unsaturated/α-hetero) is 1. The van der Waals surface area contributed by atoms with Crippen LogP contribution in [0.25, 0.3) is 0 Å². The van der Waals surface area contributed by atoms with E-state index in [0.717, 1.165) is 12.3 Å². The minimum Gasteiger partial charge on any atom is -0.299 e. The Kier molecular flexibility index (Phi) is 1.35. The fourth-order valence-electron chi connectivity index (χ4n) is 3.99. The zero-order valence-electron chi connectivity index (χ0n) is 8.12. The maximum absolute atomic E-state index is 11.6. The molecule has 2 fully saturated rings. The Bertz CT molecular complexity index is 291. The molecule has 0 aromatic rings. The van der Waals surface area contributed by atoms with Gasteiger partial charge in [-0.1, -0.05) is 25.5 Å². The second-order valence-corrected chi connectivity index (χ2v) is 5.10. The minimum absolute atomic E-state index is 0.394. The second kappa shape index (κ2) is 2.26. The molecule has 1 heteroatoms. The summed E-state index contributed by atoms with van der Waals surface area (Å²) < 4.78 is 0. The number of hydrogen-bond donors (Lipinski definition) is 0. The van der Waals surface area contributed by atoms with E-state index in [4.69, 9.17) is 0 Å². The van der Waals surface area contributed by atoms with Crippen LogP contribution in [0.15, 0.2) is 12.2 Å². The summed E-state index contributed by atoms with van der Waals surface area (Å²) >= 11 is 0. The maximum atomic E-state index is 11.6. The molecule has 0 aromatic carbocycles. The fraction of sp³-hybridized carbons (Fsp3) is 0.750. The van der Waals surface area contributed by atoms with E-state index in [1.54, 1.807) is 0 Å². The number of hydrogen-bond acceptors (Lipinski definition) is 1. The van der Waals surface area contributed by atoms with E-state index in [9.17, 15) is 4.79 Å². The Hall–Kier alpha value is -0.590. The number of carbonyl (C=O) groups excluding carboxylic acids is 1. The molecule has 13 heavy (non-hydrogen) atoms. The van der Waals surface area contributed by atoms with Crippen LogP contribution in [0.5, 0.6) is 0 Å². The highest BCUT2D eigenvalue weighted by molar-refractivity contribution is 5.90. The first-order chi connectivity index (χ1) is 6.24. The van der Waals surface area contributed by atoms with Crippen molar-refractivity contribution in [2.75, 3.05) is 0 Å². The molecule has 0 amide bonds. The summed E-state index contributed by atoms with van der Waals surface area (Å²) in [4.78, 5) is 11.6. The van der Waals surface area contributed by atoms with Gasteiger partial charge in [0.2, 0.25) is 0 Å². The summed E-state index contributed by atoms with van der Waals surface area (Å²) in [5.74, 6) is 2.18. The summed E-state index contributed by atoms with van der Waals surface area (Å²) in [7, 11) is 0. The van der Waals surface area contributed by atoms with E-state index in [0.29, 0.717) is 23.0 Å². The van der Waals surface area contributed by atoms with E-state index < -0.39 is 0 Å². The molecule has 70 valence electrons. The van der Waals surface area contributed by atoms with Gasteiger partial charge in [0.15, 0.2) is 0 Å². The summed E-state index contributed by atoms with van der Waals surface area (Å²) in [5.41, 5.74) is 0.436. The molecule has 0 aromatic heterocycles. The number of carbonyl (C=O) groups is 1. The number of rotatable bonds is 0. The van der Waals surface area contributed by atoms with Crippen LogP contribution in [0, 0.1) is 23.2 Å². The first kappa shape index (κ1) is 7.78. The molecular formula is C12H16O. The lowest BCUT2D eigenvalue weighted by molar-refractivity contribution is -0.149. The SMILES string of the molecule is C[C@H]1C=C[C@H]2CCC[C@@]23CC(=O)[C@@H]13. The predicted octanol–water partition coefficient (Wildman–Crippen LogP) is 2.57. The molecule has 1 nitrogen and oxygen atoms in total. The third-order valence-electron chi connectivity index (χ3n) is 4.54. The first-order valence-electron chi connectivity index (χ1n) is 5.45. The van der Waals surface area contributed by atoms with Gasteiger partial charge in [0.25, 0.3) is 0 Å². The lowest BCUT2D eigenvalue weighted by Gasteiger charge is -2.53. The molecule has 4 atom stereocenters.